The van der Waals surface area contributed by atoms with Crippen LogP contribution in [0.15, 0.2) is 18.2 Å². The van der Waals surface area contributed by atoms with Gasteiger partial charge in [0.05, 0.1) is 9.95 Å². The molecule has 0 aliphatic rings. The fraction of sp³-hybridized carbons (Fsp3) is 0.400. The van der Waals surface area contributed by atoms with Crippen LogP contribution in [-0.4, -0.2) is 24.6 Å². The highest BCUT2D eigenvalue weighted by molar-refractivity contribution is 6.33. The largest absolute Gasteiger partial charge is 0.364 e. The number of nitrogens with two attached hydrogens (primary N) is 1. The molecule has 1 rings (SSSR count). The number of benzene rings is 1. The van der Waals surface area contributed by atoms with Crippen molar-refractivity contribution in [2.75, 3.05) is 24.5 Å². The van der Waals surface area contributed by atoms with Gasteiger partial charge in [-0.25, -0.2) is 0 Å². The van der Waals surface area contributed by atoms with Gasteiger partial charge in [-0.3, -0.25) is 10.1 Å². The minimum atomic E-state index is -0.430. The van der Waals surface area contributed by atoms with E-state index in [1.54, 1.807) is 17.0 Å². The third kappa shape index (κ3) is 2.62. The molecule has 5 nitrogen and oxygen atoms in total. The maximum atomic E-state index is 10.9. The first kappa shape index (κ1) is 12.7. The van der Waals surface area contributed by atoms with Crippen LogP contribution in [0.1, 0.15) is 6.92 Å². The number of halogens is 1. The molecular weight excluding hydrogens is 230 g/mol. The van der Waals surface area contributed by atoms with Crippen LogP contribution in [0.5, 0.6) is 0 Å². The van der Waals surface area contributed by atoms with Gasteiger partial charge in [0.15, 0.2) is 0 Å². The number of hydrogen-bond acceptors (Lipinski definition) is 4. The lowest BCUT2D eigenvalue weighted by atomic mass is 10.2. The van der Waals surface area contributed by atoms with Crippen molar-refractivity contribution in [2.45, 2.75) is 6.92 Å². The molecule has 0 heterocycles. The third-order valence-corrected chi connectivity index (χ3v) is 2.56. The van der Waals surface area contributed by atoms with Crippen molar-refractivity contribution < 1.29 is 4.92 Å². The minimum absolute atomic E-state index is 0.0165. The van der Waals surface area contributed by atoms with Gasteiger partial charge in [-0.1, -0.05) is 17.7 Å². The van der Waals surface area contributed by atoms with E-state index in [-0.39, 0.29) is 5.69 Å². The van der Waals surface area contributed by atoms with E-state index >= 15 is 0 Å². The highest BCUT2D eigenvalue weighted by atomic mass is 35.5. The summed E-state index contributed by atoms with van der Waals surface area (Å²) in [5.41, 5.74) is 5.93. The molecule has 0 fully saturated rings. The number of hydrogen-bond donors (Lipinski definition) is 1. The number of nitro benzene ring substituents is 1. The van der Waals surface area contributed by atoms with Gasteiger partial charge in [-0.2, -0.15) is 0 Å². The van der Waals surface area contributed by atoms with Gasteiger partial charge in [0.2, 0.25) is 0 Å². The Morgan fingerprint density at radius 1 is 1.56 bits per heavy atom. The molecule has 0 radical (unpaired) electrons. The van der Waals surface area contributed by atoms with Gasteiger partial charge in [0.1, 0.15) is 5.69 Å². The van der Waals surface area contributed by atoms with E-state index in [0.29, 0.717) is 30.3 Å². The second-order valence-electron chi connectivity index (χ2n) is 3.23. The molecule has 0 aliphatic carbocycles. The summed E-state index contributed by atoms with van der Waals surface area (Å²) in [6, 6.07) is 4.66. The summed E-state index contributed by atoms with van der Waals surface area (Å²) < 4.78 is 0. The summed E-state index contributed by atoms with van der Waals surface area (Å²) in [5, 5.41) is 11.3. The molecule has 0 saturated carbocycles. The van der Waals surface area contributed by atoms with Crippen LogP contribution in [0.3, 0.4) is 0 Å². The lowest BCUT2D eigenvalue weighted by Crippen LogP contribution is -2.29. The van der Waals surface area contributed by atoms with Crippen molar-refractivity contribution >= 4 is 23.0 Å². The van der Waals surface area contributed by atoms with Crippen LogP contribution in [-0.2, 0) is 0 Å². The molecular formula is C10H14ClN3O2. The van der Waals surface area contributed by atoms with Crippen LogP contribution < -0.4 is 10.6 Å². The van der Waals surface area contributed by atoms with E-state index in [9.17, 15) is 10.1 Å². The first-order valence-corrected chi connectivity index (χ1v) is 5.37. The van der Waals surface area contributed by atoms with E-state index in [4.69, 9.17) is 17.3 Å². The lowest BCUT2D eigenvalue weighted by Gasteiger charge is -2.22. The molecule has 0 aliphatic heterocycles. The van der Waals surface area contributed by atoms with Gasteiger partial charge < -0.3 is 10.6 Å². The molecule has 1 aromatic rings. The standard InChI is InChI=1S/C10H14ClN3O2/c1-2-13(7-6-12)10-8(11)4-3-5-9(10)14(15)16/h3-5H,2,6-7,12H2,1H3. The first-order valence-electron chi connectivity index (χ1n) is 4.99. The van der Waals surface area contributed by atoms with Gasteiger partial charge in [0.25, 0.3) is 5.69 Å². The summed E-state index contributed by atoms with van der Waals surface area (Å²) in [5.74, 6) is 0. The zero-order valence-electron chi connectivity index (χ0n) is 9.02. The number of anilines is 1. The second-order valence-corrected chi connectivity index (χ2v) is 3.64. The number of para-hydroxylation sites is 1. The van der Waals surface area contributed by atoms with Gasteiger partial charge in [-0.05, 0) is 13.0 Å². The van der Waals surface area contributed by atoms with E-state index in [1.165, 1.54) is 6.07 Å². The smallest absolute Gasteiger partial charge is 0.294 e. The van der Waals surface area contributed by atoms with Gasteiger partial charge in [-0.15, -0.1) is 0 Å². The number of likely N-dealkylation sites (N-methyl/N-ethyl adjacent to an activating group) is 1. The predicted molar refractivity (Wildman–Crippen MR) is 65.0 cm³/mol. The van der Waals surface area contributed by atoms with Crippen LogP contribution in [0.25, 0.3) is 0 Å². The van der Waals surface area contributed by atoms with E-state index in [1.807, 2.05) is 6.92 Å². The van der Waals surface area contributed by atoms with Crippen LogP contribution in [0, 0.1) is 10.1 Å². The van der Waals surface area contributed by atoms with Crippen molar-refractivity contribution in [3.8, 4) is 0 Å². The number of nitro groups is 1. The summed E-state index contributed by atoms with van der Waals surface area (Å²) in [6.45, 7) is 3.50. The van der Waals surface area contributed by atoms with Gasteiger partial charge in [0, 0.05) is 25.7 Å². The Bertz CT molecular complexity index is 384. The second kappa shape index (κ2) is 5.67. The molecule has 0 bridgehead atoms. The lowest BCUT2D eigenvalue weighted by molar-refractivity contribution is -0.384. The Balaban J connectivity index is 3.22. The fourth-order valence-electron chi connectivity index (χ4n) is 1.55. The molecule has 0 aromatic heterocycles. The fourth-order valence-corrected chi connectivity index (χ4v) is 1.84. The topological polar surface area (TPSA) is 72.4 Å². The van der Waals surface area contributed by atoms with Crippen molar-refractivity contribution in [3.63, 3.8) is 0 Å². The summed E-state index contributed by atoms with van der Waals surface area (Å²) >= 11 is 6.00. The van der Waals surface area contributed by atoms with E-state index in [2.05, 4.69) is 0 Å². The van der Waals surface area contributed by atoms with Gasteiger partial charge >= 0.3 is 0 Å². The maximum Gasteiger partial charge on any atom is 0.294 e. The highest BCUT2D eigenvalue weighted by Crippen LogP contribution is 2.34. The highest BCUT2D eigenvalue weighted by Gasteiger charge is 2.20. The zero-order valence-corrected chi connectivity index (χ0v) is 9.78. The molecule has 0 atom stereocenters. The Labute approximate surface area is 98.9 Å². The summed E-state index contributed by atoms with van der Waals surface area (Å²) in [7, 11) is 0. The Hall–Kier alpha value is -1.33. The van der Waals surface area contributed by atoms with Crippen LogP contribution >= 0.6 is 11.6 Å². The Morgan fingerprint density at radius 3 is 2.75 bits per heavy atom. The molecule has 0 unspecified atom stereocenters. The maximum absolute atomic E-state index is 10.9. The molecule has 88 valence electrons. The molecule has 16 heavy (non-hydrogen) atoms. The quantitative estimate of drug-likeness (QED) is 0.634. The summed E-state index contributed by atoms with van der Waals surface area (Å²) in [6.07, 6.45) is 0. The normalized spacial score (nSPS) is 10.2. The van der Waals surface area contributed by atoms with Crippen LogP contribution in [0.4, 0.5) is 11.4 Å². The van der Waals surface area contributed by atoms with Crippen LogP contribution in [0.2, 0.25) is 5.02 Å². The SMILES string of the molecule is CCN(CCN)c1c(Cl)cccc1[N+](=O)[O-]. The Morgan fingerprint density at radius 2 is 2.25 bits per heavy atom. The summed E-state index contributed by atoms with van der Waals surface area (Å²) in [4.78, 5) is 12.3. The monoisotopic (exact) mass is 243 g/mol. The van der Waals surface area contributed by atoms with Crippen molar-refractivity contribution in [2.24, 2.45) is 5.73 Å². The molecule has 0 saturated heterocycles. The average molecular weight is 244 g/mol. The number of rotatable bonds is 5. The van der Waals surface area contributed by atoms with E-state index in [0.717, 1.165) is 0 Å². The van der Waals surface area contributed by atoms with E-state index < -0.39 is 4.92 Å². The van der Waals surface area contributed by atoms with Crippen molar-refractivity contribution in [1.29, 1.82) is 0 Å². The molecule has 1 aromatic carbocycles. The Kier molecular flexibility index (Phi) is 4.52. The third-order valence-electron chi connectivity index (χ3n) is 2.26. The van der Waals surface area contributed by atoms with Crippen molar-refractivity contribution in [3.05, 3.63) is 33.3 Å². The molecule has 0 spiro atoms. The zero-order chi connectivity index (χ0) is 12.1. The first-order chi connectivity index (χ1) is 7.61. The average Bonchev–Trinajstić information content (AvgIpc) is 2.26. The predicted octanol–water partition coefficient (Wildman–Crippen LogP) is 2.03. The molecule has 6 heteroatoms. The number of nitrogens with zero attached hydrogens (tertiary/aromatic N) is 2. The minimum Gasteiger partial charge on any atom is -0.364 e. The van der Waals surface area contributed by atoms with Crippen molar-refractivity contribution in [1.82, 2.24) is 0 Å². The molecule has 0 amide bonds. The molecule has 2 N–H and O–H groups in total.